The van der Waals surface area contributed by atoms with Gasteiger partial charge in [0.2, 0.25) is 0 Å². The van der Waals surface area contributed by atoms with Gasteiger partial charge >= 0.3 is 110 Å². The van der Waals surface area contributed by atoms with Crippen molar-refractivity contribution in [3.8, 4) is 0 Å². The maximum absolute atomic E-state index is 11.7. The van der Waals surface area contributed by atoms with E-state index in [2.05, 4.69) is 0 Å². The summed E-state index contributed by atoms with van der Waals surface area (Å²) in [6.07, 6.45) is 0. The van der Waals surface area contributed by atoms with Crippen LogP contribution in [0.2, 0.25) is 0 Å². The summed E-state index contributed by atoms with van der Waals surface area (Å²) in [5.74, 6) is -2.07. The summed E-state index contributed by atoms with van der Waals surface area (Å²) in [4.78, 5) is 23.5. The van der Waals surface area contributed by atoms with Gasteiger partial charge in [0, 0.05) is 0 Å². The van der Waals surface area contributed by atoms with Crippen LogP contribution in [0.25, 0.3) is 0 Å². The first-order chi connectivity index (χ1) is 7.98. The summed E-state index contributed by atoms with van der Waals surface area (Å²) in [7, 11) is 0. The second kappa shape index (κ2) is 4.64. The molecule has 0 bridgehead atoms. The number of esters is 2. The molecular formula is C12H12IO4-. The molecule has 0 amide bonds. The zero-order chi connectivity index (χ0) is 12.5. The van der Waals surface area contributed by atoms with Gasteiger partial charge in [-0.15, -0.1) is 0 Å². The first kappa shape index (κ1) is 12.3. The molecule has 0 aliphatic carbocycles. The van der Waals surface area contributed by atoms with Gasteiger partial charge in [-0.1, -0.05) is 0 Å². The summed E-state index contributed by atoms with van der Waals surface area (Å²) < 4.78 is 10.4. The van der Waals surface area contributed by atoms with Gasteiger partial charge in [0.25, 0.3) is 0 Å². The molecule has 0 spiro atoms. The fourth-order valence-corrected chi connectivity index (χ4v) is 3.72. The molecule has 1 aliphatic rings. The van der Waals surface area contributed by atoms with E-state index in [0.717, 1.165) is 3.57 Å². The van der Waals surface area contributed by atoms with E-state index in [-0.39, 0.29) is 0 Å². The number of halogens is 1. The van der Waals surface area contributed by atoms with E-state index in [0.29, 0.717) is 0 Å². The minimum absolute atomic E-state index is 0.470. The summed E-state index contributed by atoms with van der Waals surface area (Å²) in [5, 5.41) is 0. The third-order valence-electron chi connectivity index (χ3n) is 2.07. The molecule has 1 aliphatic heterocycles. The number of benzene rings is 1. The number of cyclic esters (lactones) is 2. The summed E-state index contributed by atoms with van der Waals surface area (Å²) in [5.41, 5.74) is 0. The molecule has 1 fully saturated rings. The average molecular weight is 347 g/mol. The second-order valence-electron chi connectivity index (χ2n) is 4.01. The molecule has 1 aromatic rings. The number of carbonyl (C=O) groups excluding carboxylic acids is 2. The second-order valence-corrected chi connectivity index (χ2v) is 7.12. The fraction of sp³-hybridized carbons (Fsp3) is 0.333. The van der Waals surface area contributed by atoms with E-state index < -0.39 is 42.9 Å². The summed E-state index contributed by atoms with van der Waals surface area (Å²) >= 11 is -0.766. The molecule has 0 radical (unpaired) electrons. The molecular weight excluding hydrogens is 335 g/mol. The van der Waals surface area contributed by atoms with E-state index >= 15 is 0 Å². The van der Waals surface area contributed by atoms with Crippen molar-refractivity contribution in [2.45, 2.75) is 23.6 Å². The first-order valence-electron chi connectivity index (χ1n) is 5.12. The van der Waals surface area contributed by atoms with Crippen molar-refractivity contribution in [2.24, 2.45) is 0 Å². The molecule has 17 heavy (non-hydrogen) atoms. The molecule has 4 nitrogen and oxygen atoms in total. The van der Waals surface area contributed by atoms with Gasteiger partial charge in [-0.2, -0.15) is 0 Å². The number of rotatable bonds is 2. The van der Waals surface area contributed by atoms with Crippen molar-refractivity contribution in [1.29, 1.82) is 0 Å². The number of carbonyl (C=O) groups is 2. The molecule has 0 N–H and O–H groups in total. The molecule has 92 valence electrons. The Labute approximate surface area is 110 Å². The van der Waals surface area contributed by atoms with Crippen molar-refractivity contribution >= 4 is 11.9 Å². The Kier molecular flexibility index (Phi) is 3.37. The van der Waals surface area contributed by atoms with E-state index in [1.54, 1.807) is 13.8 Å². The van der Waals surface area contributed by atoms with Crippen LogP contribution in [-0.2, 0) is 19.1 Å². The Balaban J connectivity index is 2.12. The quantitative estimate of drug-likeness (QED) is 0.273. The summed E-state index contributed by atoms with van der Waals surface area (Å²) in [6.45, 7) is 3.11. The molecule has 5 heteroatoms. The van der Waals surface area contributed by atoms with Crippen LogP contribution in [0.4, 0.5) is 0 Å². The van der Waals surface area contributed by atoms with Crippen LogP contribution in [0, 0.1) is 3.57 Å². The molecule has 2 rings (SSSR count). The van der Waals surface area contributed by atoms with E-state index in [4.69, 9.17) is 9.47 Å². The van der Waals surface area contributed by atoms with Crippen molar-refractivity contribution in [2.75, 3.05) is 0 Å². The van der Waals surface area contributed by atoms with E-state index in [1.807, 2.05) is 30.3 Å². The minimum atomic E-state index is -1.13. The van der Waals surface area contributed by atoms with Gasteiger partial charge in [0.1, 0.15) is 0 Å². The standard InChI is InChI=1S/C12H12IO4/c1-12(2)16-10(14)9(11(15)17-12)13-8-6-4-3-5-7-8/h3-7,9H,1-2H3/q-1. The normalized spacial score (nSPS) is 19.9. The Morgan fingerprint density at radius 3 is 2.12 bits per heavy atom. The molecule has 0 unspecified atom stereocenters. The van der Waals surface area contributed by atoms with Crippen LogP contribution in [-0.4, -0.2) is 21.7 Å². The topological polar surface area (TPSA) is 52.6 Å². The third-order valence-corrected chi connectivity index (χ3v) is 5.15. The maximum atomic E-state index is 11.7. The van der Waals surface area contributed by atoms with Crippen LogP contribution in [0.5, 0.6) is 0 Å². The van der Waals surface area contributed by atoms with Gasteiger partial charge < -0.3 is 0 Å². The fourth-order valence-electron chi connectivity index (χ4n) is 1.41. The Morgan fingerprint density at radius 1 is 1.06 bits per heavy atom. The van der Waals surface area contributed by atoms with Gasteiger partial charge in [0.05, 0.1) is 0 Å². The average Bonchev–Trinajstić information content (AvgIpc) is 2.24. The van der Waals surface area contributed by atoms with Gasteiger partial charge in [-0.05, 0) is 0 Å². The van der Waals surface area contributed by atoms with Crippen molar-refractivity contribution < 1.29 is 40.3 Å². The summed E-state index contributed by atoms with van der Waals surface area (Å²) in [6, 6.07) is 9.49. The monoisotopic (exact) mass is 347 g/mol. The third kappa shape index (κ3) is 2.96. The predicted octanol–water partition coefficient (Wildman–Crippen LogP) is -1.85. The number of hydrogen-bond acceptors (Lipinski definition) is 4. The van der Waals surface area contributed by atoms with Gasteiger partial charge in [-0.25, -0.2) is 0 Å². The van der Waals surface area contributed by atoms with Crippen molar-refractivity contribution in [1.82, 2.24) is 0 Å². The molecule has 1 aromatic carbocycles. The van der Waals surface area contributed by atoms with Crippen molar-refractivity contribution in [3.63, 3.8) is 0 Å². The molecule has 1 saturated heterocycles. The molecule has 0 saturated carbocycles. The number of hydrogen-bond donors (Lipinski definition) is 0. The molecule has 1 heterocycles. The van der Waals surface area contributed by atoms with E-state index in [9.17, 15) is 9.59 Å². The molecule has 0 aromatic heterocycles. The number of alkyl halides is 1. The Bertz CT molecular complexity index is 421. The Hall–Kier alpha value is -1.11. The van der Waals surface area contributed by atoms with Crippen LogP contribution < -0.4 is 21.2 Å². The van der Waals surface area contributed by atoms with Crippen LogP contribution >= 0.6 is 0 Å². The Morgan fingerprint density at radius 2 is 1.59 bits per heavy atom. The predicted molar refractivity (Wildman–Crippen MR) is 55.2 cm³/mol. The zero-order valence-corrected chi connectivity index (χ0v) is 11.6. The first-order valence-corrected chi connectivity index (χ1v) is 7.44. The van der Waals surface area contributed by atoms with Crippen LogP contribution in [0.15, 0.2) is 30.3 Å². The SMILES string of the molecule is CC1(C)OC(=O)C([I-]c2ccccc2)C(=O)O1. The van der Waals surface area contributed by atoms with Gasteiger partial charge in [-0.3, -0.25) is 0 Å². The zero-order valence-electron chi connectivity index (χ0n) is 9.48. The molecule has 0 atom stereocenters. The van der Waals surface area contributed by atoms with Crippen LogP contribution in [0.1, 0.15) is 13.8 Å². The van der Waals surface area contributed by atoms with Crippen molar-refractivity contribution in [3.05, 3.63) is 33.9 Å². The van der Waals surface area contributed by atoms with Gasteiger partial charge in [0.15, 0.2) is 0 Å². The van der Waals surface area contributed by atoms with Crippen LogP contribution in [0.3, 0.4) is 0 Å². The number of ether oxygens (including phenoxy) is 2. The van der Waals surface area contributed by atoms with E-state index in [1.165, 1.54) is 0 Å².